The molecule has 1 aromatic carbocycles. The second kappa shape index (κ2) is 6.34. The fraction of sp³-hybridized carbons (Fsp3) is 0.231. The van der Waals surface area contributed by atoms with Gasteiger partial charge >= 0.3 is 0 Å². The van der Waals surface area contributed by atoms with Gasteiger partial charge in [-0.15, -0.1) is 0 Å². The molecule has 0 saturated heterocycles. The summed E-state index contributed by atoms with van der Waals surface area (Å²) in [5.74, 6) is 0.702. The van der Waals surface area contributed by atoms with Crippen LogP contribution in [0.5, 0.6) is 5.75 Å². The van der Waals surface area contributed by atoms with E-state index in [4.69, 9.17) is 4.74 Å². The highest BCUT2D eigenvalue weighted by Gasteiger charge is 2.09. The summed E-state index contributed by atoms with van der Waals surface area (Å²) in [4.78, 5) is 10.7. The van der Waals surface area contributed by atoms with E-state index in [1.54, 1.807) is 18.3 Å². The third-order valence-electron chi connectivity index (χ3n) is 2.68. The van der Waals surface area contributed by atoms with Crippen molar-refractivity contribution in [2.75, 3.05) is 6.61 Å². The minimum Gasteiger partial charge on any atom is -0.491 e. The van der Waals surface area contributed by atoms with E-state index in [1.807, 2.05) is 17.8 Å². The maximum atomic E-state index is 10.7. The Balaban J connectivity index is 2.04. The Bertz CT molecular complexity index is 573. The number of hydrogen-bond acceptors (Lipinski definition) is 3. The van der Waals surface area contributed by atoms with Crippen molar-refractivity contribution in [1.29, 1.82) is 0 Å². The Morgan fingerprint density at radius 1 is 1.37 bits per heavy atom. The maximum Gasteiger partial charge on any atom is 0.150 e. The zero-order chi connectivity index (χ0) is 13.8. The van der Waals surface area contributed by atoms with Crippen LogP contribution in [0.1, 0.15) is 16.1 Å². The van der Waals surface area contributed by atoms with Crippen molar-refractivity contribution in [3.63, 3.8) is 0 Å². The number of nitrogens with zero attached hydrogens (tertiary/aromatic N) is 2. The van der Waals surface area contributed by atoms with Gasteiger partial charge in [0, 0.05) is 30.9 Å². The fourth-order valence-electron chi connectivity index (χ4n) is 1.69. The minimum absolute atomic E-state index is 0.539. The van der Waals surface area contributed by atoms with Crippen LogP contribution in [0.3, 0.4) is 0 Å². The first-order chi connectivity index (χ1) is 9.11. The first-order valence-corrected chi connectivity index (χ1v) is 7.24. The Labute approximate surface area is 128 Å². The van der Waals surface area contributed by atoms with Crippen LogP contribution in [0, 0.1) is 0 Å². The number of carbonyl (C=O) groups is 1. The molecule has 0 N–H and O–H groups in total. The highest BCUT2D eigenvalue weighted by Crippen LogP contribution is 2.34. The minimum atomic E-state index is 0.539. The highest BCUT2D eigenvalue weighted by atomic mass is 79.9. The van der Waals surface area contributed by atoms with Gasteiger partial charge in [0.2, 0.25) is 0 Å². The summed E-state index contributed by atoms with van der Waals surface area (Å²) >= 11 is 6.80. The van der Waals surface area contributed by atoms with Crippen molar-refractivity contribution in [3.05, 3.63) is 44.6 Å². The van der Waals surface area contributed by atoms with Gasteiger partial charge in [-0.2, -0.15) is 5.10 Å². The molecule has 1 heterocycles. The van der Waals surface area contributed by atoms with E-state index in [0.29, 0.717) is 17.9 Å². The van der Waals surface area contributed by atoms with Crippen molar-refractivity contribution in [3.8, 4) is 5.75 Å². The monoisotopic (exact) mass is 386 g/mol. The van der Waals surface area contributed by atoms with Gasteiger partial charge in [-0.25, -0.2) is 0 Å². The topological polar surface area (TPSA) is 44.1 Å². The van der Waals surface area contributed by atoms with Crippen LogP contribution in [-0.2, 0) is 13.5 Å². The zero-order valence-corrected chi connectivity index (χ0v) is 13.4. The Morgan fingerprint density at radius 2 is 2.05 bits per heavy atom. The smallest absolute Gasteiger partial charge is 0.150 e. The molecule has 0 atom stereocenters. The van der Waals surface area contributed by atoms with Crippen LogP contribution in [0.15, 0.2) is 33.3 Å². The first-order valence-electron chi connectivity index (χ1n) is 5.65. The average Bonchev–Trinajstić information content (AvgIpc) is 2.78. The second-order valence-corrected chi connectivity index (χ2v) is 5.68. The molecule has 6 heteroatoms. The number of aryl methyl sites for hydroxylation is 1. The van der Waals surface area contributed by atoms with Gasteiger partial charge in [0.15, 0.2) is 0 Å². The molecular weight excluding hydrogens is 376 g/mol. The van der Waals surface area contributed by atoms with Crippen LogP contribution in [0.2, 0.25) is 0 Å². The Hall–Kier alpha value is -1.14. The summed E-state index contributed by atoms with van der Waals surface area (Å²) in [5.41, 5.74) is 1.70. The molecule has 0 spiro atoms. The number of carbonyl (C=O) groups excluding carboxylic acids is 1. The van der Waals surface area contributed by atoms with Gasteiger partial charge in [0.1, 0.15) is 12.0 Å². The predicted molar refractivity (Wildman–Crippen MR) is 79.6 cm³/mol. The molecule has 4 nitrogen and oxygen atoms in total. The molecule has 1 aromatic heterocycles. The fourth-order valence-corrected chi connectivity index (χ4v) is 3.14. The van der Waals surface area contributed by atoms with Gasteiger partial charge < -0.3 is 4.74 Å². The van der Waals surface area contributed by atoms with Crippen molar-refractivity contribution in [1.82, 2.24) is 9.78 Å². The van der Waals surface area contributed by atoms with E-state index < -0.39 is 0 Å². The Morgan fingerprint density at radius 3 is 2.58 bits per heavy atom. The van der Waals surface area contributed by atoms with E-state index in [0.717, 1.165) is 27.3 Å². The van der Waals surface area contributed by atoms with Gasteiger partial charge in [-0.05, 0) is 50.1 Å². The lowest BCUT2D eigenvalue weighted by Crippen LogP contribution is -2.06. The Kier molecular flexibility index (Phi) is 4.76. The molecule has 19 heavy (non-hydrogen) atoms. The number of hydrogen-bond donors (Lipinski definition) is 0. The van der Waals surface area contributed by atoms with E-state index in [1.165, 1.54) is 0 Å². The molecule has 0 fully saturated rings. The molecule has 0 unspecified atom stereocenters. The quantitative estimate of drug-likeness (QED) is 0.738. The molecule has 0 amide bonds. The molecule has 0 saturated carbocycles. The molecule has 0 aliphatic heterocycles. The molecule has 2 rings (SSSR count). The molecule has 0 radical (unpaired) electrons. The summed E-state index contributed by atoms with van der Waals surface area (Å²) in [6, 6.07) is 5.43. The van der Waals surface area contributed by atoms with Gasteiger partial charge in [-0.3, -0.25) is 9.48 Å². The summed E-state index contributed by atoms with van der Waals surface area (Å²) < 4.78 is 9.08. The predicted octanol–water partition coefficient (Wildman–Crippen LogP) is 3.38. The first kappa shape index (κ1) is 14.3. The van der Waals surface area contributed by atoms with Gasteiger partial charge in [0.05, 0.1) is 15.6 Å². The lowest BCUT2D eigenvalue weighted by atomic mass is 10.2. The number of aldehydes is 1. The van der Waals surface area contributed by atoms with E-state index >= 15 is 0 Å². The van der Waals surface area contributed by atoms with Crippen LogP contribution < -0.4 is 4.74 Å². The van der Waals surface area contributed by atoms with E-state index in [-0.39, 0.29) is 0 Å². The standard InChI is InChI=1S/C13H12Br2N2O2/c1-17-10(2-4-16-17)3-5-19-13-11(14)6-9(8-18)7-12(13)15/h2,4,6-8H,3,5H2,1H3. The molecular formula is C13H12Br2N2O2. The average molecular weight is 388 g/mol. The number of rotatable bonds is 5. The number of benzene rings is 1. The number of ether oxygens (including phenoxy) is 1. The number of halogens is 2. The lowest BCUT2D eigenvalue weighted by molar-refractivity contribution is 0.112. The van der Waals surface area contributed by atoms with E-state index in [2.05, 4.69) is 37.0 Å². The maximum absolute atomic E-state index is 10.7. The largest absolute Gasteiger partial charge is 0.491 e. The van der Waals surface area contributed by atoms with Gasteiger partial charge in [-0.1, -0.05) is 0 Å². The third-order valence-corrected chi connectivity index (χ3v) is 3.86. The van der Waals surface area contributed by atoms with E-state index in [9.17, 15) is 4.79 Å². The second-order valence-electron chi connectivity index (χ2n) is 3.98. The van der Waals surface area contributed by atoms with Crippen molar-refractivity contribution < 1.29 is 9.53 Å². The lowest BCUT2D eigenvalue weighted by Gasteiger charge is -2.11. The summed E-state index contributed by atoms with van der Waals surface area (Å²) in [6.07, 6.45) is 3.33. The molecule has 0 aliphatic carbocycles. The highest BCUT2D eigenvalue weighted by molar-refractivity contribution is 9.11. The van der Waals surface area contributed by atoms with Crippen LogP contribution >= 0.6 is 31.9 Å². The normalized spacial score (nSPS) is 10.5. The summed E-state index contributed by atoms with van der Waals surface area (Å²) in [6.45, 7) is 0.539. The summed E-state index contributed by atoms with van der Waals surface area (Å²) in [7, 11) is 1.90. The van der Waals surface area contributed by atoms with Crippen LogP contribution in [0.25, 0.3) is 0 Å². The van der Waals surface area contributed by atoms with Crippen LogP contribution in [-0.4, -0.2) is 22.7 Å². The molecule has 2 aromatic rings. The SMILES string of the molecule is Cn1nccc1CCOc1c(Br)cc(C=O)cc1Br. The van der Waals surface area contributed by atoms with Crippen LogP contribution in [0.4, 0.5) is 0 Å². The molecule has 0 aliphatic rings. The summed E-state index contributed by atoms with van der Waals surface area (Å²) in [5, 5.41) is 4.10. The van der Waals surface area contributed by atoms with Crippen molar-refractivity contribution in [2.45, 2.75) is 6.42 Å². The third kappa shape index (κ3) is 3.45. The zero-order valence-electron chi connectivity index (χ0n) is 10.3. The molecule has 100 valence electrons. The van der Waals surface area contributed by atoms with Gasteiger partial charge in [0.25, 0.3) is 0 Å². The van der Waals surface area contributed by atoms with Crippen molar-refractivity contribution in [2.24, 2.45) is 7.05 Å². The molecule has 0 bridgehead atoms. The van der Waals surface area contributed by atoms with Crippen molar-refractivity contribution >= 4 is 38.1 Å². The number of aromatic nitrogens is 2.